The van der Waals surface area contributed by atoms with Gasteiger partial charge >= 0.3 is 0 Å². The van der Waals surface area contributed by atoms with Crippen LogP contribution < -0.4 is 11.1 Å². The number of nitrogens with one attached hydrogen (secondary N) is 1. The van der Waals surface area contributed by atoms with Gasteiger partial charge in [-0.1, -0.05) is 0 Å². The minimum Gasteiger partial charge on any atom is -0.394 e. The molecule has 1 saturated heterocycles. The second-order valence-corrected chi connectivity index (χ2v) is 3.42. The van der Waals surface area contributed by atoms with Crippen LogP contribution in [0.1, 0.15) is 0 Å². The maximum atomic E-state index is 9.69. The van der Waals surface area contributed by atoms with Crippen molar-refractivity contribution in [2.24, 2.45) is 10.7 Å². The zero-order chi connectivity index (χ0) is 10.3. The number of aliphatic imine (C=N–C) groups is 1. The third-order valence-electron chi connectivity index (χ3n) is 2.46. The molecule has 0 radical (unpaired) electrons. The molecule has 7 nitrogen and oxygen atoms in total. The quantitative estimate of drug-likeness (QED) is 0.321. The van der Waals surface area contributed by atoms with Crippen LogP contribution in [0.25, 0.3) is 0 Å². The molecule has 2 rings (SSSR count). The molecule has 2 aliphatic heterocycles. The number of rotatable bonds is 2. The van der Waals surface area contributed by atoms with E-state index in [4.69, 9.17) is 15.6 Å². The van der Waals surface area contributed by atoms with Gasteiger partial charge in [-0.25, -0.2) is 4.99 Å². The number of aliphatic hydroxyl groups is 3. The monoisotopic (exact) mass is 203 g/mol. The molecule has 2 aliphatic rings. The summed E-state index contributed by atoms with van der Waals surface area (Å²) in [5.74, 6) is 0.219. The summed E-state index contributed by atoms with van der Waals surface area (Å²) in [6.45, 7) is -0.458. The molecule has 5 atom stereocenters. The highest BCUT2D eigenvalue weighted by Gasteiger charge is 2.49. The third-order valence-corrected chi connectivity index (χ3v) is 2.46. The highest BCUT2D eigenvalue weighted by molar-refractivity contribution is 5.80. The number of nitrogens with two attached hydrogens (primary N) is 1. The summed E-state index contributed by atoms with van der Waals surface area (Å²) < 4.78 is 5.23. The van der Waals surface area contributed by atoms with E-state index in [9.17, 15) is 10.2 Å². The maximum absolute atomic E-state index is 9.69. The third kappa shape index (κ3) is 1.34. The Kier molecular flexibility index (Phi) is 2.31. The average molecular weight is 203 g/mol. The Hall–Kier alpha value is -0.890. The number of aliphatic hydroxyl groups excluding tert-OH is 3. The van der Waals surface area contributed by atoms with Gasteiger partial charge in [-0.2, -0.15) is 0 Å². The smallest absolute Gasteiger partial charge is 0.191 e. The first-order valence-electron chi connectivity index (χ1n) is 4.35. The summed E-state index contributed by atoms with van der Waals surface area (Å²) >= 11 is 0. The molecule has 1 fully saturated rings. The molecule has 0 amide bonds. The molecule has 0 bridgehead atoms. The number of guanidine groups is 1. The van der Waals surface area contributed by atoms with Crippen molar-refractivity contribution >= 4 is 5.96 Å². The number of nitrogens with zero attached hydrogens (tertiary/aromatic N) is 1. The van der Waals surface area contributed by atoms with E-state index in [2.05, 4.69) is 10.3 Å². The van der Waals surface area contributed by atoms with Crippen LogP contribution in [0.3, 0.4) is 0 Å². The van der Waals surface area contributed by atoms with Gasteiger partial charge in [0.1, 0.15) is 24.4 Å². The van der Waals surface area contributed by atoms with E-state index in [1.54, 1.807) is 0 Å². The molecule has 0 aromatic heterocycles. The molecule has 6 N–H and O–H groups in total. The molecular formula is C7H13N3O4. The van der Waals surface area contributed by atoms with Crippen LogP contribution >= 0.6 is 0 Å². The molecule has 0 aliphatic carbocycles. The molecule has 0 spiro atoms. The second-order valence-electron chi connectivity index (χ2n) is 3.42. The van der Waals surface area contributed by atoms with Crippen molar-refractivity contribution in [3.05, 3.63) is 0 Å². The lowest BCUT2D eigenvalue weighted by atomic mass is 10.0. The fourth-order valence-electron chi connectivity index (χ4n) is 1.73. The SMILES string of the molecule is NC1=NC2OC(C(O)CO)C(O)C2N1. The van der Waals surface area contributed by atoms with E-state index in [0.717, 1.165) is 0 Å². The van der Waals surface area contributed by atoms with Gasteiger partial charge in [0.25, 0.3) is 0 Å². The fraction of sp³-hybridized carbons (Fsp3) is 0.857. The number of hydrogen-bond donors (Lipinski definition) is 5. The highest BCUT2D eigenvalue weighted by Crippen LogP contribution is 2.26. The second kappa shape index (κ2) is 3.35. The number of ether oxygens (including phenoxy) is 1. The molecule has 0 aromatic rings. The molecule has 0 aromatic carbocycles. The van der Waals surface area contributed by atoms with E-state index in [-0.39, 0.29) is 5.96 Å². The first-order valence-corrected chi connectivity index (χ1v) is 4.35. The van der Waals surface area contributed by atoms with Crippen LogP contribution in [0, 0.1) is 0 Å². The van der Waals surface area contributed by atoms with Crippen molar-refractivity contribution in [1.82, 2.24) is 5.32 Å². The van der Waals surface area contributed by atoms with Crippen molar-refractivity contribution in [3.63, 3.8) is 0 Å². The summed E-state index contributed by atoms with van der Waals surface area (Å²) in [6.07, 6.45) is -3.42. The van der Waals surface area contributed by atoms with Crippen LogP contribution in [0.5, 0.6) is 0 Å². The molecule has 7 heteroatoms. The molecule has 2 heterocycles. The van der Waals surface area contributed by atoms with Crippen molar-refractivity contribution in [1.29, 1.82) is 0 Å². The summed E-state index contributed by atoms with van der Waals surface area (Å²) in [4.78, 5) is 3.88. The van der Waals surface area contributed by atoms with Gasteiger partial charge in [-0.05, 0) is 0 Å². The average Bonchev–Trinajstić information content (AvgIpc) is 2.64. The first kappa shape index (κ1) is 9.66. The van der Waals surface area contributed by atoms with E-state index >= 15 is 0 Å². The molecular weight excluding hydrogens is 190 g/mol. The minimum absolute atomic E-state index is 0.219. The van der Waals surface area contributed by atoms with Crippen LogP contribution in [-0.4, -0.2) is 58.5 Å². The van der Waals surface area contributed by atoms with Gasteiger partial charge in [0.15, 0.2) is 12.2 Å². The van der Waals surface area contributed by atoms with Gasteiger partial charge in [0.05, 0.1) is 6.61 Å². The van der Waals surface area contributed by atoms with Crippen LogP contribution in [0.2, 0.25) is 0 Å². The van der Waals surface area contributed by atoms with Crippen molar-refractivity contribution in [2.75, 3.05) is 6.61 Å². The summed E-state index contributed by atoms with van der Waals surface area (Å²) in [7, 11) is 0. The Morgan fingerprint density at radius 2 is 2.36 bits per heavy atom. The van der Waals surface area contributed by atoms with E-state index in [1.807, 2.05) is 0 Å². The summed E-state index contributed by atoms with van der Waals surface area (Å²) in [5.41, 5.74) is 5.38. The number of fused-ring (bicyclic) bond motifs is 1. The van der Waals surface area contributed by atoms with E-state index in [1.165, 1.54) is 0 Å². The molecule has 80 valence electrons. The van der Waals surface area contributed by atoms with Crippen LogP contribution in [-0.2, 0) is 4.74 Å². The maximum Gasteiger partial charge on any atom is 0.191 e. The number of hydrogen-bond acceptors (Lipinski definition) is 7. The van der Waals surface area contributed by atoms with E-state index in [0.29, 0.717) is 0 Å². The normalized spacial score (nSPS) is 42.9. The standard InChI is InChI=1S/C7H13N3O4/c8-7-9-3-4(13)5(2(12)1-11)14-6(3)10-7/h2-6,11-13H,1H2,(H3,8,9,10). The van der Waals surface area contributed by atoms with E-state index < -0.39 is 37.2 Å². The molecule has 14 heavy (non-hydrogen) atoms. The Labute approximate surface area is 80.2 Å². The summed E-state index contributed by atoms with van der Waals surface area (Å²) in [5, 5.41) is 30.4. The zero-order valence-corrected chi connectivity index (χ0v) is 7.37. The predicted octanol–water partition coefficient (Wildman–Crippen LogP) is -3.29. The minimum atomic E-state index is -1.10. The Bertz CT molecular complexity index is 259. The zero-order valence-electron chi connectivity index (χ0n) is 7.37. The van der Waals surface area contributed by atoms with Crippen LogP contribution in [0.15, 0.2) is 4.99 Å². The van der Waals surface area contributed by atoms with Gasteiger partial charge in [-0.3, -0.25) is 0 Å². The lowest BCUT2D eigenvalue weighted by Gasteiger charge is -2.20. The van der Waals surface area contributed by atoms with Gasteiger partial charge < -0.3 is 31.1 Å². The molecule has 5 unspecified atom stereocenters. The topological polar surface area (TPSA) is 120 Å². The van der Waals surface area contributed by atoms with Gasteiger partial charge in [-0.15, -0.1) is 0 Å². The Morgan fingerprint density at radius 1 is 1.64 bits per heavy atom. The van der Waals surface area contributed by atoms with Gasteiger partial charge in [0, 0.05) is 0 Å². The Balaban J connectivity index is 2.07. The largest absolute Gasteiger partial charge is 0.394 e. The van der Waals surface area contributed by atoms with Crippen molar-refractivity contribution in [2.45, 2.75) is 30.6 Å². The first-order chi connectivity index (χ1) is 6.63. The fourth-order valence-corrected chi connectivity index (χ4v) is 1.73. The lowest BCUT2D eigenvalue weighted by molar-refractivity contribution is -0.0799. The van der Waals surface area contributed by atoms with Crippen molar-refractivity contribution < 1.29 is 20.1 Å². The van der Waals surface area contributed by atoms with Gasteiger partial charge in [0.2, 0.25) is 0 Å². The Morgan fingerprint density at radius 3 is 2.93 bits per heavy atom. The van der Waals surface area contributed by atoms with Crippen molar-refractivity contribution in [3.8, 4) is 0 Å². The lowest BCUT2D eigenvalue weighted by Crippen LogP contribution is -2.47. The van der Waals surface area contributed by atoms with Crippen LogP contribution in [0.4, 0.5) is 0 Å². The highest BCUT2D eigenvalue weighted by atomic mass is 16.5. The predicted molar refractivity (Wildman–Crippen MR) is 46.3 cm³/mol. The summed E-state index contributed by atoms with van der Waals surface area (Å²) in [6, 6.07) is -0.429. The molecule has 0 saturated carbocycles.